The van der Waals surface area contributed by atoms with Crippen LogP contribution in [-0.4, -0.2) is 86.5 Å². The number of carbonyl (C=O) groups excluding carboxylic acids is 3. The summed E-state index contributed by atoms with van der Waals surface area (Å²) >= 11 is 1.49. The van der Waals surface area contributed by atoms with Gasteiger partial charge in [0.25, 0.3) is 5.56 Å². The first kappa shape index (κ1) is 34.7. The van der Waals surface area contributed by atoms with Crippen LogP contribution in [0.15, 0.2) is 40.0 Å². The van der Waals surface area contributed by atoms with Crippen molar-refractivity contribution >= 4 is 40.9 Å². The van der Waals surface area contributed by atoms with E-state index in [0.717, 1.165) is 56.4 Å². The number of hydrogen-bond donors (Lipinski definition) is 3. The number of anilines is 1. The lowest BCUT2D eigenvalue weighted by molar-refractivity contribution is -0.145. The molecule has 1 saturated carbocycles. The molecule has 0 spiro atoms. The highest BCUT2D eigenvalue weighted by atomic mass is 32.1. The van der Waals surface area contributed by atoms with Crippen molar-refractivity contribution in [3.05, 3.63) is 45.5 Å². The van der Waals surface area contributed by atoms with Crippen LogP contribution >= 0.6 is 11.3 Å². The summed E-state index contributed by atoms with van der Waals surface area (Å²) in [6, 6.07) is -0.854. The molecule has 49 heavy (non-hydrogen) atoms. The lowest BCUT2D eigenvalue weighted by atomic mass is 10.0. The smallest absolute Gasteiger partial charge is 0.408 e. The molecule has 2 saturated heterocycles. The van der Waals surface area contributed by atoms with Gasteiger partial charge in [-0.1, -0.05) is 25.0 Å². The van der Waals surface area contributed by atoms with Crippen LogP contribution in [0.3, 0.4) is 0 Å². The third-order valence-electron chi connectivity index (χ3n) is 9.91. The number of aromatic nitrogens is 2. The zero-order valence-corrected chi connectivity index (χ0v) is 29.2. The predicted octanol–water partition coefficient (Wildman–Crippen LogP) is 4.09. The van der Waals surface area contributed by atoms with Gasteiger partial charge in [-0.15, -0.1) is 0 Å². The Hall–Kier alpha value is -4.20. The van der Waals surface area contributed by atoms with Crippen LogP contribution in [0.5, 0.6) is 0 Å². The first-order valence-electron chi connectivity index (χ1n) is 17.3. The minimum Gasteiger partial charge on any atom is -0.479 e. The molecule has 1 aliphatic carbocycles. The highest BCUT2D eigenvalue weighted by Gasteiger charge is 2.61. The van der Waals surface area contributed by atoms with Crippen LogP contribution < -0.4 is 21.1 Å². The van der Waals surface area contributed by atoms with Crippen molar-refractivity contribution in [3.8, 4) is 11.1 Å². The van der Waals surface area contributed by atoms with Gasteiger partial charge in [0.1, 0.15) is 23.2 Å². The number of alkyl carbamates (subject to hydrolysis) is 1. The number of allylic oxidation sites excluding steroid dienone is 1. The largest absolute Gasteiger partial charge is 0.479 e. The molecule has 2 aromatic rings. The number of amides is 3. The molecule has 14 heteroatoms. The number of carbonyl (C=O) groups is 4. The Bertz CT molecular complexity index is 1660. The van der Waals surface area contributed by atoms with E-state index in [-0.39, 0.29) is 30.9 Å². The Morgan fingerprint density at radius 3 is 2.59 bits per heavy atom. The zero-order chi connectivity index (χ0) is 34.9. The Balaban J connectivity index is 1.36. The number of rotatable bonds is 5. The normalized spacial score (nSPS) is 28.5. The molecule has 0 aromatic carbocycles. The molecule has 0 radical (unpaired) electrons. The molecule has 3 N–H and O–H groups in total. The third-order valence-corrected chi connectivity index (χ3v) is 10.6. The number of aliphatic carboxylic acids is 1. The first-order chi connectivity index (χ1) is 23.4. The Morgan fingerprint density at radius 1 is 1.12 bits per heavy atom. The summed E-state index contributed by atoms with van der Waals surface area (Å²) < 4.78 is 6.85. The fourth-order valence-corrected chi connectivity index (χ4v) is 7.95. The molecule has 5 atom stereocenters. The molecule has 3 fully saturated rings. The zero-order valence-electron chi connectivity index (χ0n) is 28.4. The molecular weight excluding hydrogens is 648 g/mol. The number of carboxylic acid groups (broad SMARTS) is 1. The first-order valence-corrected chi connectivity index (χ1v) is 18.2. The number of nitrogens with zero attached hydrogens (tertiary/aromatic N) is 4. The summed E-state index contributed by atoms with van der Waals surface area (Å²) in [7, 11) is 0. The van der Waals surface area contributed by atoms with Gasteiger partial charge in [0, 0.05) is 37.5 Å². The van der Waals surface area contributed by atoms with Gasteiger partial charge in [-0.05, 0) is 76.1 Å². The van der Waals surface area contributed by atoms with Crippen LogP contribution in [0.25, 0.3) is 11.1 Å². The summed E-state index contributed by atoms with van der Waals surface area (Å²) in [4.78, 5) is 71.7. The van der Waals surface area contributed by atoms with Crippen molar-refractivity contribution < 1.29 is 29.0 Å². The van der Waals surface area contributed by atoms with Crippen molar-refractivity contribution in [2.45, 2.75) is 108 Å². The monoisotopic (exact) mass is 694 g/mol. The van der Waals surface area contributed by atoms with E-state index in [9.17, 15) is 29.1 Å². The second-order valence-electron chi connectivity index (χ2n) is 14.6. The predicted molar refractivity (Wildman–Crippen MR) is 184 cm³/mol. The van der Waals surface area contributed by atoms with Gasteiger partial charge >= 0.3 is 12.1 Å². The lowest BCUT2D eigenvalue weighted by Gasteiger charge is -2.30. The number of nitrogens with one attached hydrogen (secondary N) is 2. The SMILES string of the molecule is CC(C)(C)OC(=O)N[C@H]1CCCCC/C=C\[C@H]2C[C@@]2(C(=O)O)NC(=O)[C@@H]2C[C@@H](n3ncc(N4CCCC4)c(-c4ccsc4)c3=O)CN2C1=O. The number of fused-ring (bicyclic) bond motifs is 2. The number of ether oxygens (including phenoxy) is 1. The van der Waals surface area contributed by atoms with E-state index in [0.29, 0.717) is 18.4 Å². The fourth-order valence-electron chi connectivity index (χ4n) is 7.30. The van der Waals surface area contributed by atoms with E-state index in [1.165, 1.54) is 20.9 Å². The molecule has 0 unspecified atom stereocenters. The van der Waals surface area contributed by atoms with Gasteiger partial charge in [0.15, 0.2) is 0 Å². The van der Waals surface area contributed by atoms with Crippen molar-refractivity contribution in [1.29, 1.82) is 0 Å². The van der Waals surface area contributed by atoms with E-state index in [4.69, 9.17) is 4.74 Å². The van der Waals surface area contributed by atoms with E-state index < -0.39 is 53.1 Å². The minimum absolute atomic E-state index is 0.0220. The number of hydrogen-bond acceptors (Lipinski definition) is 9. The maximum Gasteiger partial charge on any atom is 0.408 e. The summed E-state index contributed by atoms with van der Waals surface area (Å²) in [5.74, 6) is -2.59. The van der Waals surface area contributed by atoms with Gasteiger partial charge in [-0.25, -0.2) is 14.3 Å². The summed E-state index contributed by atoms with van der Waals surface area (Å²) in [5.41, 5.74) is -0.501. The summed E-state index contributed by atoms with van der Waals surface area (Å²) in [6.07, 6.45) is 10.4. The maximum atomic E-state index is 14.4. The van der Waals surface area contributed by atoms with Gasteiger partial charge in [0.05, 0.1) is 23.5 Å². The standard InChI is InChI=1S/C35H46N6O7S/c1-34(2,3)48-33(47)37-25-12-8-6-4-5-7-11-23-18-35(23,32(45)46)38-29(42)26-17-24(20-40(26)30(25)43)41-31(44)28(22-13-16-49-21-22)27(19-36-41)39-14-9-10-15-39/h7,11,13,16,19,21,23-26H,4-6,8-10,12,14-15,17-18,20H2,1-3H3,(H,37,47)(H,38,42)(H,45,46)/b11-7-/t23-,24+,25-,26-,35+/m0/s1. The average Bonchev–Trinajstić information content (AvgIpc) is 3.56. The van der Waals surface area contributed by atoms with Crippen LogP contribution in [0.2, 0.25) is 0 Å². The Kier molecular flexibility index (Phi) is 9.88. The molecule has 3 amide bonds. The second kappa shape index (κ2) is 14.0. The van der Waals surface area contributed by atoms with E-state index in [1.54, 1.807) is 27.0 Å². The van der Waals surface area contributed by atoms with Crippen LogP contribution in [0, 0.1) is 5.92 Å². The molecule has 6 rings (SSSR count). The van der Waals surface area contributed by atoms with E-state index in [2.05, 4.69) is 20.6 Å². The van der Waals surface area contributed by atoms with Crippen molar-refractivity contribution in [1.82, 2.24) is 25.3 Å². The molecule has 4 aliphatic rings. The quantitative estimate of drug-likeness (QED) is 0.392. The molecular formula is C35H46N6O7S. The highest BCUT2D eigenvalue weighted by Crippen LogP contribution is 2.45. The molecule has 3 aliphatic heterocycles. The molecule has 0 bridgehead atoms. The highest BCUT2D eigenvalue weighted by molar-refractivity contribution is 7.08. The van der Waals surface area contributed by atoms with Crippen molar-refractivity contribution in [2.75, 3.05) is 24.5 Å². The summed E-state index contributed by atoms with van der Waals surface area (Å²) in [5, 5.41) is 24.2. The molecule has 264 valence electrons. The van der Waals surface area contributed by atoms with E-state index >= 15 is 0 Å². The number of thiophene rings is 1. The molecule has 5 heterocycles. The van der Waals surface area contributed by atoms with Gasteiger partial charge in [-0.3, -0.25) is 14.4 Å². The minimum atomic E-state index is -1.46. The second-order valence-corrected chi connectivity index (χ2v) is 15.4. The maximum absolute atomic E-state index is 14.4. The number of carboxylic acids is 1. The lowest BCUT2D eigenvalue weighted by Crippen LogP contribution is -2.56. The van der Waals surface area contributed by atoms with Crippen LogP contribution in [-0.2, 0) is 19.1 Å². The van der Waals surface area contributed by atoms with Crippen molar-refractivity contribution in [3.63, 3.8) is 0 Å². The molecule has 2 aromatic heterocycles. The van der Waals surface area contributed by atoms with Gasteiger partial charge < -0.3 is 30.3 Å². The topological polar surface area (TPSA) is 163 Å². The summed E-state index contributed by atoms with van der Waals surface area (Å²) in [6.45, 7) is 6.82. The van der Waals surface area contributed by atoms with Crippen molar-refractivity contribution in [2.24, 2.45) is 5.92 Å². The van der Waals surface area contributed by atoms with Gasteiger partial charge in [-0.2, -0.15) is 16.4 Å². The Morgan fingerprint density at radius 2 is 1.90 bits per heavy atom. The molecule has 13 nitrogen and oxygen atoms in total. The fraction of sp³-hybridized carbons (Fsp3) is 0.600. The Labute approximate surface area is 289 Å². The van der Waals surface area contributed by atoms with Crippen LogP contribution in [0.1, 0.15) is 84.6 Å². The van der Waals surface area contributed by atoms with E-state index in [1.807, 2.05) is 29.0 Å². The average molecular weight is 695 g/mol. The van der Waals surface area contributed by atoms with Crippen LogP contribution in [0.4, 0.5) is 10.5 Å². The van der Waals surface area contributed by atoms with Gasteiger partial charge in [0.2, 0.25) is 11.8 Å². The third kappa shape index (κ3) is 7.38.